The van der Waals surface area contributed by atoms with Crippen LogP contribution < -0.4 is 5.32 Å². The number of aromatic nitrogens is 3. The van der Waals surface area contributed by atoms with Crippen LogP contribution in [0.25, 0.3) is 0 Å². The number of rotatable bonds is 4. The second kappa shape index (κ2) is 5.63. The van der Waals surface area contributed by atoms with Crippen LogP contribution in [0.4, 0.5) is 5.95 Å². The van der Waals surface area contributed by atoms with E-state index in [1.165, 1.54) is 0 Å². The van der Waals surface area contributed by atoms with Crippen molar-refractivity contribution in [1.82, 2.24) is 15.0 Å². The quantitative estimate of drug-likeness (QED) is 0.841. The first-order valence-electron chi connectivity index (χ1n) is 5.46. The maximum absolute atomic E-state index is 4.46. The third-order valence-electron chi connectivity index (χ3n) is 2.10. The van der Waals surface area contributed by atoms with Gasteiger partial charge in [0.2, 0.25) is 5.95 Å². The minimum absolute atomic E-state index is 0.663. The molecule has 0 amide bonds. The first-order valence-corrected chi connectivity index (χ1v) is 6.27. The Morgan fingerprint density at radius 3 is 2.88 bits per heavy atom. The molecule has 0 aliphatic heterocycles. The van der Waals surface area contributed by atoms with Gasteiger partial charge in [-0.25, -0.2) is 15.0 Å². The maximum atomic E-state index is 4.46. The molecule has 17 heavy (non-hydrogen) atoms. The van der Waals surface area contributed by atoms with Crippen LogP contribution in [0.5, 0.6) is 0 Å². The SMILES string of the molecule is CCNc1ncc(C)c(Sc2ccccn2)n1. The predicted octanol–water partition coefficient (Wildman–Crippen LogP) is 2.76. The lowest BCUT2D eigenvalue weighted by atomic mass is 10.4. The highest BCUT2D eigenvalue weighted by Crippen LogP contribution is 2.26. The van der Waals surface area contributed by atoms with Gasteiger partial charge in [0.15, 0.2) is 0 Å². The molecular weight excluding hydrogens is 232 g/mol. The molecule has 0 aliphatic carbocycles. The van der Waals surface area contributed by atoms with Gasteiger partial charge in [0, 0.05) is 24.5 Å². The average molecular weight is 246 g/mol. The van der Waals surface area contributed by atoms with Crippen molar-refractivity contribution in [2.75, 3.05) is 11.9 Å². The van der Waals surface area contributed by atoms with E-state index in [4.69, 9.17) is 0 Å². The van der Waals surface area contributed by atoms with Gasteiger partial charge in [-0.2, -0.15) is 0 Å². The summed E-state index contributed by atoms with van der Waals surface area (Å²) in [7, 11) is 0. The van der Waals surface area contributed by atoms with Crippen LogP contribution in [0.3, 0.4) is 0 Å². The molecule has 0 aromatic carbocycles. The number of hydrogen-bond acceptors (Lipinski definition) is 5. The standard InChI is InChI=1S/C12H14N4S/c1-3-13-12-15-8-9(2)11(16-12)17-10-6-4-5-7-14-10/h4-8H,3H2,1-2H3,(H,13,15,16). The molecule has 5 heteroatoms. The molecule has 0 atom stereocenters. The fourth-order valence-electron chi connectivity index (χ4n) is 1.28. The highest BCUT2D eigenvalue weighted by Gasteiger charge is 2.05. The summed E-state index contributed by atoms with van der Waals surface area (Å²) in [4.78, 5) is 12.9. The summed E-state index contributed by atoms with van der Waals surface area (Å²) in [6, 6.07) is 5.84. The van der Waals surface area contributed by atoms with E-state index in [1.807, 2.05) is 38.2 Å². The third kappa shape index (κ3) is 3.17. The zero-order chi connectivity index (χ0) is 12.1. The van der Waals surface area contributed by atoms with Gasteiger partial charge in [0.05, 0.1) is 0 Å². The van der Waals surface area contributed by atoms with Gasteiger partial charge in [0.25, 0.3) is 0 Å². The monoisotopic (exact) mass is 246 g/mol. The van der Waals surface area contributed by atoms with Crippen molar-refractivity contribution >= 4 is 17.7 Å². The molecule has 0 saturated heterocycles. The molecule has 2 aromatic heterocycles. The number of pyridine rings is 1. The van der Waals surface area contributed by atoms with E-state index >= 15 is 0 Å². The molecule has 0 aliphatic rings. The number of nitrogens with zero attached hydrogens (tertiary/aromatic N) is 3. The summed E-state index contributed by atoms with van der Waals surface area (Å²) >= 11 is 1.55. The molecule has 1 N–H and O–H groups in total. The fraction of sp³-hybridized carbons (Fsp3) is 0.250. The van der Waals surface area contributed by atoms with Gasteiger partial charge in [-0.15, -0.1) is 0 Å². The molecule has 88 valence electrons. The Hall–Kier alpha value is -1.62. The van der Waals surface area contributed by atoms with Crippen molar-refractivity contribution < 1.29 is 0 Å². The molecule has 0 bridgehead atoms. The van der Waals surface area contributed by atoms with Crippen molar-refractivity contribution in [2.24, 2.45) is 0 Å². The van der Waals surface area contributed by atoms with E-state index in [9.17, 15) is 0 Å². The number of hydrogen-bond donors (Lipinski definition) is 1. The van der Waals surface area contributed by atoms with Crippen molar-refractivity contribution in [3.8, 4) is 0 Å². The third-order valence-corrected chi connectivity index (χ3v) is 3.16. The highest BCUT2D eigenvalue weighted by molar-refractivity contribution is 7.99. The van der Waals surface area contributed by atoms with E-state index in [1.54, 1.807) is 18.0 Å². The number of aryl methyl sites for hydroxylation is 1. The zero-order valence-corrected chi connectivity index (χ0v) is 10.7. The molecule has 2 aromatic rings. The molecule has 2 heterocycles. The summed E-state index contributed by atoms with van der Waals surface area (Å²) in [5.41, 5.74) is 1.06. The van der Waals surface area contributed by atoms with E-state index < -0.39 is 0 Å². The largest absolute Gasteiger partial charge is 0.354 e. The second-order valence-electron chi connectivity index (χ2n) is 3.48. The van der Waals surface area contributed by atoms with E-state index in [0.29, 0.717) is 5.95 Å². The van der Waals surface area contributed by atoms with Gasteiger partial charge in [-0.1, -0.05) is 6.07 Å². The summed E-state index contributed by atoms with van der Waals surface area (Å²) in [5, 5.41) is 4.99. The first kappa shape index (κ1) is 11.9. The Morgan fingerprint density at radius 1 is 1.29 bits per heavy atom. The van der Waals surface area contributed by atoms with Crippen LogP contribution in [0, 0.1) is 6.92 Å². The van der Waals surface area contributed by atoms with Gasteiger partial charge in [-0.3, -0.25) is 0 Å². The van der Waals surface area contributed by atoms with Crippen molar-refractivity contribution in [3.63, 3.8) is 0 Å². The molecule has 0 radical (unpaired) electrons. The Balaban J connectivity index is 2.22. The number of nitrogens with one attached hydrogen (secondary N) is 1. The minimum atomic E-state index is 0.663. The Kier molecular flexibility index (Phi) is 3.93. The Bertz CT molecular complexity index is 487. The van der Waals surface area contributed by atoms with E-state index in [0.717, 1.165) is 22.2 Å². The van der Waals surface area contributed by atoms with Crippen LogP contribution >= 0.6 is 11.8 Å². The van der Waals surface area contributed by atoms with Crippen molar-refractivity contribution in [1.29, 1.82) is 0 Å². The summed E-state index contributed by atoms with van der Waals surface area (Å²) in [6.45, 7) is 4.84. The van der Waals surface area contributed by atoms with Gasteiger partial charge in [-0.05, 0) is 37.7 Å². The summed E-state index contributed by atoms with van der Waals surface area (Å²) < 4.78 is 0. The van der Waals surface area contributed by atoms with Crippen LogP contribution in [0.2, 0.25) is 0 Å². The fourth-order valence-corrected chi connectivity index (χ4v) is 2.08. The lowest BCUT2D eigenvalue weighted by Crippen LogP contribution is -2.03. The summed E-state index contributed by atoms with van der Waals surface area (Å²) in [5.74, 6) is 0.663. The van der Waals surface area contributed by atoms with Crippen molar-refractivity contribution in [3.05, 3.63) is 36.2 Å². The van der Waals surface area contributed by atoms with Crippen LogP contribution in [-0.2, 0) is 0 Å². The molecule has 0 unspecified atom stereocenters. The van der Waals surface area contributed by atoms with Gasteiger partial charge >= 0.3 is 0 Å². The molecular formula is C12H14N4S. The topological polar surface area (TPSA) is 50.7 Å². The smallest absolute Gasteiger partial charge is 0.223 e. The van der Waals surface area contributed by atoms with E-state index in [-0.39, 0.29) is 0 Å². The van der Waals surface area contributed by atoms with Crippen LogP contribution in [0.1, 0.15) is 12.5 Å². The lowest BCUT2D eigenvalue weighted by Gasteiger charge is -2.06. The van der Waals surface area contributed by atoms with Gasteiger partial charge in [0.1, 0.15) is 10.1 Å². The first-order chi connectivity index (χ1) is 8.29. The predicted molar refractivity (Wildman–Crippen MR) is 69.3 cm³/mol. The molecule has 0 fully saturated rings. The average Bonchev–Trinajstić information content (AvgIpc) is 2.35. The normalized spacial score (nSPS) is 10.2. The minimum Gasteiger partial charge on any atom is -0.354 e. The van der Waals surface area contributed by atoms with Crippen LogP contribution in [-0.4, -0.2) is 21.5 Å². The molecule has 2 rings (SSSR count). The number of anilines is 1. The molecule has 0 spiro atoms. The van der Waals surface area contributed by atoms with E-state index in [2.05, 4.69) is 20.3 Å². The zero-order valence-electron chi connectivity index (χ0n) is 9.84. The Labute approximate surface area is 105 Å². The van der Waals surface area contributed by atoms with Gasteiger partial charge < -0.3 is 5.32 Å². The van der Waals surface area contributed by atoms with Crippen LogP contribution in [0.15, 0.2) is 40.6 Å². The Morgan fingerprint density at radius 2 is 2.18 bits per heavy atom. The molecule has 4 nitrogen and oxygen atoms in total. The molecule has 0 saturated carbocycles. The maximum Gasteiger partial charge on any atom is 0.223 e. The summed E-state index contributed by atoms with van der Waals surface area (Å²) in [6.07, 6.45) is 3.61. The highest BCUT2D eigenvalue weighted by atomic mass is 32.2. The lowest BCUT2D eigenvalue weighted by molar-refractivity contribution is 0.979. The van der Waals surface area contributed by atoms with Crippen molar-refractivity contribution in [2.45, 2.75) is 23.9 Å². The second-order valence-corrected chi connectivity index (χ2v) is 4.49.